The Morgan fingerprint density at radius 3 is 2.77 bits per heavy atom. The van der Waals surface area contributed by atoms with Gasteiger partial charge in [0.05, 0.1) is 19.0 Å². The van der Waals surface area contributed by atoms with Gasteiger partial charge < -0.3 is 10.1 Å². The molecule has 5 heteroatoms. The van der Waals surface area contributed by atoms with Gasteiger partial charge in [0.1, 0.15) is 5.69 Å². The second-order valence-electron chi connectivity index (χ2n) is 5.59. The van der Waals surface area contributed by atoms with Crippen molar-refractivity contribution < 1.29 is 14.3 Å². The number of nitrogens with zero attached hydrogens (tertiary/aromatic N) is 1. The zero-order chi connectivity index (χ0) is 15.5. The van der Waals surface area contributed by atoms with Gasteiger partial charge >= 0.3 is 5.97 Å². The molecule has 0 aliphatic heterocycles. The molecule has 0 bridgehead atoms. The summed E-state index contributed by atoms with van der Waals surface area (Å²) in [4.78, 5) is 28.2. The smallest absolute Gasteiger partial charge is 0.307 e. The van der Waals surface area contributed by atoms with Gasteiger partial charge in [0.25, 0.3) is 5.91 Å². The minimum atomic E-state index is -0.302. The molecule has 0 unspecified atom stereocenters. The first-order valence-electron chi connectivity index (χ1n) is 7.41. The highest BCUT2D eigenvalue weighted by atomic mass is 16.5. The van der Waals surface area contributed by atoms with Crippen LogP contribution in [0.4, 0.5) is 0 Å². The van der Waals surface area contributed by atoms with Gasteiger partial charge in [-0.2, -0.15) is 0 Å². The number of para-hydroxylation sites is 1. The lowest BCUT2D eigenvalue weighted by atomic mass is 10.1. The molecule has 5 nitrogen and oxygen atoms in total. The fourth-order valence-electron chi connectivity index (χ4n) is 2.53. The topological polar surface area (TPSA) is 68.3 Å². The Balaban J connectivity index is 1.74. The van der Waals surface area contributed by atoms with E-state index >= 15 is 0 Å². The molecule has 1 aliphatic carbocycles. The molecule has 1 saturated carbocycles. The minimum Gasteiger partial charge on any atom is -0.469 e. The van der Waals surface area contributed by atoms with Gasteiger partial charge in [-0.3, -0.25) is 9.59 Å². The Hall–Kier alpha value is -2.43. The third-order valence-electron chi connectivity index (χ3n) is 3.95. The maximum atomic E-state index is 12.4. The highest BCUT2D eigenvalue weighted by molar-refractivity contribution is 5.95. The van der Waals surface area contributed by atoms with E-state index in [0.717, 1.165) is 23.7 Å². The van der Waals surface area contributed by atoms with E-state index in [9.17, 15) is 9.59 Å². The van der Waals surface area contributed by atoms with Gasteiger partial charge in [-0.15, -0.1) is 0 Å². The van der Waals surface area contributed by atoms with Crippen LogP contribution in [0.1, 0.15) is 29.8 Å². The van der Waals surface area contributed by atoms with E-state index in [2.05, 4.69) is 10.3 Å². The summed E-state index contributed by atoms with van der Waals surface area (Å²) in [6, 6.07) is 11.1. The van der Waals surface area contributed by atoms with E-state index in [-0.39, 0.29) is 24.3 Å². The van der Waals surface area contributed by atoms with E-state index in [0.29, 0.717) is 11.6 Å². The van der Waals surface area contributed by atoms with Crippen LogP contribution in [0.3, 0.4) is 0 Å². The monoisotopic (exact) mass is 298 g/mol. The lowest BCUT2D eigenvalue weighted by Gasteiger charge is -2.16. The number of amides is 1. The van der Waals surface area contributed by atoms with E-state index in [4.69, 9.17) is 4.74 Å². The maximum Gasteiger partial charge on any atom is 0.307 e. The number of hydrogen-bond acceptors (Lipinski definition) is 4. The van der Waals surface area contributed by atoms with Crippen molar-refractivity contribution in [3.05, 3.63) is 42.1 Å². The highest BCUT2D eigenvalue weighted by Gasteiger charge is 2.34. The molecular weight excluding hydrogens is 280 g/mol. The van der Waals surface area contributed by atoms with Crippen LogP contribution < -0.4 is 5.32 Å². The Labute approximate surface area is 128 Å². The molecule has 1 amide bonds. The van der Waals surface area contributed by atoms with Gasteiger partial charge in [0, 0.05) is 11.4 Å². The third-order valence-corrected chi connectivity index (χ3v) is 3.95. The molecule has 3 rings (SSSR count). The molecule has 1 N–H and O–H groups in total. The number of benzene rings is 1. The summed E-state index contributed by atoms with van der Waals surface area (Å²) in [5.74, 6) is -0.182. The number of methoxy groups -OCH3 is 1. The summed E-state index contributed by atoms with van der Waals surface area (Å²) >= 11 is 0. The quantitative estimate of drug-likeness (QED) is 0.860. The summed E-state index contributed by atoms with van der Waals surface area (Å²) in [5, 5.41) is 3.92. The lowest BCUT2D eigenvalue weighted by molar-refractivity contribution is -0.141. The molecular formula is C17H18N2O3. The average Bonchev–Trinajstić information content (AvgIpc) is 3.38. The number of fused-ring (bicyclic) bond motifs is 1. The molecule has 1 heterocycles. The highest BCUT2D eigenvalue weighted by Crippen LogP contribution is 2.34. The molecule has 1 aromatic carbocycles. The number of pyridine rings is 1. The van der Waals surface area contributed by atoms with E-state index < -0.39 is 0 Å². The summed E-state index contributed by atoms with van der Waals surface area (Å²) in [6.45, 7) is 0. The largest absolute Gasteiger partial charge is 0.469 e. The van der Waals surface area contributed by atoms with Crippen molar-refractivity contribution in [1.29, 1.82) is 0 Å². The molecule has 1 atom stereocenters. The van der Waals surface area contributed by atoms with Crippen LogP contribution in [0.5, 0.6) is 0 Å². The van der Waals surface area contributed by atoms with Crippen LogP contribution >= 0.6 is 0 Å². The molecule has 0 radical (unpaired) electrons. The summed E-state index contributed by atoms with van der Waals surface area (Å²) < 4.78 is 4.70. The predicted octanol–water partition coefficient (Wildman–Crippen LogP) is 2.31. The van der Waals surface area contributed by atoms with Crippen molar-refractivity contribution in [3.8, 4) is 0 Å². The van der Waals surface area contributed by atoms with Gasteiger partial charge in [-0.25, -0.2) is 4.98 Å². The molecule has 1 aromatic heterocycles. The summed E-state index contributed by atoms with van der Waals surface area (Å²) in [7, 11) is 1.36. The second-order valence-corrected chi connectivity index (χ2v) is 5.59. The van der Waals surface area contributed by atoms with Crippen LogP contribution in [-0.2, 0) is 9.53 Å². The van der Waals surface area contributed by atoms with E-state index in [1.165, 1.54) is 7.11 Å². The lowest BCUT2D eigenvalue weighted by Crippen LogP contribution is -2.38. The molecule has 2 aromatic rings. The van der Waals surface area contributed by atoms with Crippen molar-refractivity contribution in [2.24, 2.45) is 5.92 Å². The fraction of sp³-hybridized carbons (Fsp3) is 0.353. The number of aromatic nitrogens is 1. The Morgan fingerprint density at radius 1 is 1.27 bits per heavy atom. The number of carbonyl (C=O) groups is 2. The zero-order valence-corrected chi connectivity index (χ0v) is 12.4. The molecule has 1 aliphatic rings. The first-order chi connectivity index (χ1) is 10.7. The molecule has 1 fully saturated rings. The number of hydrogen-bond donors (Lipinski definition) is 1. The number of esters is 1. The summed E-state index contributed by atoms with van der Waals surface area (Å²) in [5.41, 5.74) is 1.15. The average molecular weight is 298 g/mol. The van der Waals surface area contributed by atoms with Crippen LogP contribution in [0.15, 0.2) is 36.4 Å². The molecule has 114 valence electrons. The number of rotatable bonds is 5. The Morgan fingerprint density at radius 2 is 2.05 bits per heavy atom. The van der Waals surface area contributed by atoms with Crippen molar-refractivity contribution in [3.63, 3.8) is 0 Å². The standard InChI is InChI=1S/C17H18N2O3/c1-22-16(20)10-15(12-6-7-12)19-17(21)14-9-8-11-4-2-3-5-13(11)18-14/h2-5,8-9,12,15H,6-7,10H2,1H3,(H,19,21)/t15-/m0/s1. The van der Waals surface area contributed by atoms with Crippen LogP contribution in [0.2, 0.25) is 0 Å². The number of carbonyl (C=O) groups excluding carboxylic acids is 2. The van der Waals surface area contributed by atoms with Crippen LogP contribution in [-0.4, -0.2) is 30.0 Å². The normalized spacial score (nSPS) is 15.3. The maximum absolute atomic E-state index is 12.4. The fourth-order valence-corrected chi connectivity index (χ4v) is 2.53. The van der Waals surface area contributed by atoms with E-state index in [1.54, 1.807) is 6.07 Å². The van der Waals surface area contributed by atoms with Crippen LogP contribution in [0.25, 0.3) is 10.9 Å². The number of ether oxygens (including phenoxy) is 1. The Kier molecular flexibility index (Phi) is 4.04. The molecule has 0 spiro atoms. The van der Waals surface area contributed by atoms with Crippen molar-refractivity contribution in [2.45, 2.75) is 25.3 Å². The molecule has 22 heavy (non-hydrogen) atoms. The zero-order valence-electron chi connectivity index (χ0n) is 12.4. The predicted molar refractivity (Wildman–Crippen MR) is 82.4 cm³/mol. The Bertz CT molecular complexity index is 710. The first kappa shape index (κ1) is 14.5. The van der Waals surface area contributed by atoms with E-state index in [1.807, 2.05) is 30.3 Å². The van der Waals surface area contributed by atoms with Gasteiger partial charge in [0.15, 0.2) is 0 Å². The molecule has 0 saturated heterocycles. The second kappa shape index (κ2) is 6.13. The SMILES string of the molecule is COC(=O)C[C@H](NC(=O)c1ccc2ccccc2n1)C1CC1. The first-order valence-corrected chi connectivity index (χ1v) is 7.41. The van der Waals surface area contributed by atoms with Crippen molar-refractivity contribution >= 4 is 22.8 Å². The van der Waals surface area contributed by atoms with Crippen molar-refractivity contribution in [2.75, 3.05) is 7.11 Å². The van der Waals surface area contributed by atoms with Gasteiger partial charge in [0.2, 0.25) is 0 Å². The minimum absolute atomic E-state index is 0.173. The summed E-state index contributed by atoms with van der Waals surface area (Å²) in [6.07, 6.45) is 2.28. The van der Waals surface area contributed by atoms with Gasteiger partial charge in [-0.1, -0.05) is 24.3 Å². The van der Waals surface area contributed by atoms with Crippen LogP contribution in [0, 0.1) is 5.92 Å². The third kappa shape index (κ3) is 3.24. The number of nitrogens with one attached hydrogen (secondary N) is 1. The van der Waals surface area contributed by atoms with Crippen molar-refractivity contribution in [1.82, 2.24) is 10.3 Å². The van der Waals surface area contributed by atoms with Gasteiger partial charge in [-0.05, 0) is 30.9 Å².